The van der Waals surface area contributed by atoms with Crippen molar-refractivity contribution in [3.63, 3.8) is 0 Å². The Hall–Kier alpha value is -2.68. The zero-order valence-corrected chi connectivity index (χ0v) is 18.1. The summed E-state index contributed by atoms with van der Waals surface area (Å²) >= 11 is 0. The van der Waals surface area contributed by atoms with Gasteiger partial charge in [-0.25, -0.2) is 9.97 Å². The first-order valence-corrected chi connectivity index (χ1v) is 11.2. The first-order valence-electron chi connectivity index (χ1n) is 11.2. The van der Waals surface area contributed by atoms with Gasteiger partial charge in [-0.15, -0.1) is 0 Å². The molecule has 0 amide bonds. The quantitative estimate of drug-likeness (QED) is 0.430. The van der Waals surface area contributed by atoms with Crippen LogP contribution in [0.4, 0.5) is 5.82 Å². The average molecular weight is 409 g/mol. The minimum absolute atomic E-state index is 0.346. The van der Waals surface area contributed by atoms with Crippen molar-refractivity contribution in [2.24, 2.45) is 5.92 Å². The number of benzene rings is 1. The first-order chi connectivity index (χ1) is 14.6. The second kappa shape index (κ2) is 10.9. The van der Waals surface area contributed by atoms with Crippen LogP contribution < -0.4 is 4.90 Å². The number of esters is 1. The van der Waals surface area contributed by atoms with E-state index in [1.165, 1.54) is 12.8 Å². The number of carbonyl (C=O) groups is 1. The van der Waals surface area contributed by atoms with Crippen LogP contribution in [-0.2, 0) is 9.53 Å². The molecule has 0 saturated carbocycles. The maximum atomic E-state index is 12.8. The summed E-state index contributed by atoms with van der Waals surface area (Å²) in [5.74, 6) is -0.272. The molecule has 1 aliphatic heterocycles. The number of hydrogen-bond donors (Lipinski definition) is 0. The smallest absolute Gasteiger partial charge is 0.329 e. The summed E-state index contributed by atoms with van der Waals surface area (Å²) in [5.41, 5.74) is 1.88. The van der Waals surface area contributed by atoms with E-state index >= 15 is 0 Å². The number of hydrogen-bond acceptors (Lipinski definition) is 6. The number of anilines is 1. The number of rotatable bonds is 9. The van der Waals surface area contributed by atoms with Crippen LogP contribution in [0, 0.1) is 17.2 Å². The van der Waals surface area contributed by atoms with Crippen LogP contribution in [0.5, 0.6) is 0 Å². The number of piperidine rings is 1. The van der Waals surface area contributed by atoms with E-state index in [4.69, 9.17) is 14.7 Å². The molecule has 1 aromatic heterocycles. The summed E-state index contributed by atoms with van der Waals surface area (Å²) in [4.78, 5) is 24.4. The number of fused-ring (bicyclic) bond motifs is 1. The molecule has 3 rings (SSSR count). The lowest BCUT2D eigenvalue weighted by Crippen LogP contribution is -2.35. The van der Waals surface area contributed by atoms with Crippen LogP contribution in [0.2, 0.25) is 0 Å². The monoisotopic (exact) mass is 408 g/mol. The predicted octanol–water partition coefficient (Wildman–Crippen LogP) is 4.99. The number of para-hydroxylation sites is 2. The summed E-state index contributed by atoms with van der Waals surface area (Å²) in [6.45, 7) is 6.47. The highest BCUT2D eigenvalue weighted by Crippen LogP contribution is 2.30. The SMILES string of the molecule is CCCCCCCOC(=O)C(C#N)c1nc2ccccc2nc1N1CCC(C)CC1. The molecule has 0 spiro atoms. The van der Waals surface area contributed by atoms with Gasteiger partial charge in [0.25, 0.3) is 0 Å². The van der Waals surface area contributed by atoms with Crippen LogP contribution in [0.25, 0.3) is 11.0 Å². The van der Waals surface area contributed by atoms with E-state index in [1.54, 1.807) is 0 Å². The molecule has 1 unspecified atom stereocenters. The molecule has 1 atom stereocenters. The molecule has 2 aromatic rings. The fourth-order valence-corrected chi connectivity index (χ4v) is 3.84. The lowest BCUT2D eigenvalue weighted by atomic mass is 9.98. The standard InChI is InChI=1S/C24H32N4O2/c1-3-4-5-6-9-16-30-24(29)19(17-25)22-23(28-14-12-18(2)13-15-28)27-21-11-8-7-10-20(21)26-22/h7-8,10-11,18-19H,3-6,9,12-16H2,1-2H3. The zero-order chi connectivity index (χ0) is 21.3. The second-order valence-electron chi connectivity index (χ2n) is 8.23. The summed E-state index contributed by atoms with van der Waals surface area (Å²) in [7, 11) is 0. The van der Waals surface area contributed by atoms with Gasteiger partial charge in [0.15, 0.2) is 11.7 Å². The van der Waals surface area contributed by atoms with Crippen molar-refractivity contribution in [2.75, 3.05) is 24.6 Å². The van der Waals surface area contributed by atoms with Gasteiger partial charge < -0.3 is 9.64 Å². The molecule has 6 heteroatoms. The Bertz CT molecular complexity index is 884. The normalized spacial score (nSPS) is 15.7. The average Bonchev–Trinajstić information content (AvgIpc) is 2.77. The van der Waals surface area contributed by atoms with E-state index in [2.05, 4.69) is 24.8 Å². The molecule has 2 heterocycles. The van der Waals surface area contributed by atoms with E-state index in [0.29, 0.717) is 29.6 Å². The van der Waals surface area contributed by atoms with Crippen LogP contribution in [-0.4, -0.2) is 35.6 Å². The summed E-state index contributed by atoms with van der Waals surface area (Å²) in [5, 5.41) is 9.82. The molecular weight excluding hydrogens is 376 g/mol. The molecule has 1 aromatic carbocycles. The molecule has 6 nitrogen and oxygen atoms in total. The third-order valence-corrected chi connectivity index (χ3v) is 5.79. The Labute approximate surface area is 179 Å². The molecule has 0 aliphatic carbocycles. The number of nitriles is 1. The van der Waals surface area contributed by atoms with Gasteiger partial charge >= 0.3 is 5.97 Å². The van der Waals surface area contributed by atoms with E-state index in [1.807, 2.05) is 24.3 Å². The van der Waals surface area contributed by atoms with Gasteiger partial charge in [-0.3, -0.25) is 4.79 Å². The van der Waals surface area contributed by atoms with Crippen molar-refractivity contribution in [2.45, 2.75) is 64.7 Å². The minimum Gasteiger partial charge on any atom is -0.464 e. The van der Waals surface area contributed by atoms with Crippen molar-refractivity contribution in [1.29, 1.82) is 5.26 Å². The van der Waals surface area contributed by atoms with Crippen molar-refractivity contribution < 1.29 is 9.53 Å². The highest BCUT2D eigenvalue weighted by molar-refractivity contribution is 5.85. The Kier molecular flexibility index (Phi) is 8.01. The molecule has 1 aliphatic rings. The van der Waals surface area contributed by atoms with Gasteiger partial charge in [-0.2, -0.15) is 5.26 Å². The van der Waals surface area contributed by atoms with Crippen LogP contribution in [0.1, 0.15) is 70.4 Å². The minimum atomic E-state index is -1.06. The zero-order valence-electron chi connectivity index (χ0n) is 18.1. The summed E-state index contributed by atoms with van der Waals surface area (Å²) in [6.07, 6.45) is 7.49. The molecule has 30 heavy (non-hydrogen) atoms. The molecule has 1 saturated heterocycles. The highest BCUT2D eigenvalue weighted by Gasteiger charge is 2.31. The Morgan fingerprint density at radius 1 is 1.17 bits per heavy atom. The lowest BCUT2D eigenvalue weighted by molar-refractivity contribution is -0.144. The van der Waals surface area contributed by atoms with Crippen LogP contribution in [0.3, 0.4) is 0 Å². The Balaban J connectivity index is 1.81. The number of aromatic nitrogens is 2. The van der Waals surface area contributed by atoms with Crippen molar-refractivity contribution >= 4 is 22.8 Å². The molecule has 0 bridgehead atoms. The molecule has 160 valence electrons. The number of ether oxygens (including phenoxy) is 1. The van der Waals surface area contributed by atoms with E-state index in [-0.39, 0.29) is 0 Å². The van der Waals surface area contributed by atoms with E-state index in [9.17, 15) is 10.1 Å². The topological polar surface area (TPSA) is 79.1 Å². The number of unbranched alkanes of at least 4 members (excludes halogenated alkanes) is 4. The first kappa shape index (κ1) is 22.0. The van der Waals surface area contributed by atoms with Crippen molar-refractivity contribution in [3.8, 4) is 6.07 Å². The van der Waals surface area contributed by atoms with E-state index < -0.39 is 11.9 Å². The van der Waals surface area contributed by atoms with Gasteiger partial charge in [-0.05, 0) is 37.3 Å². The largest absolute Gasteiger partial charge is 0.464 e. The highest BCUT2D eigenvalue weighted by atomic mass is 16.5. The van der Waals surface area contributed by atoms with Gasteiger partial charge in [0.1, 0.15) is 5.69 Å². The fourth-order valence-electron chi connectivity index (χ4n) is 3.84. The third-order valence-electron chi connectivity index (χ3n) is 5.79. The van der Waals surface area contributed by atoms with Crippen molar-refractivity contribution in [3.05, 3.63) is 30.0 Å². The molecule has 0 radical (unpaired) electrons. The number of nitrogens with zero attached hydrogens (tertiary/aromatic N) is 4. The van der Waals surface area contributed by atoms with Gasteiger partial charge in [-0.1, -0.05) is 51.7 Å². The number of carbonyl (C=O) groups excluding carboxylic acids is 1. The van der Waals surface area contributed by atoms with Gasteiger partial charge in [0.05, 0.1) is 23.7 Å². The Morgan fingerprint density at radius 2 is 1.83 bits per heavy atom. The predicted molar refractivity (Wildman–Crippen MR) is 118 cm³/mol. The van der Waals surface area contributed by atoms with Crippen LogP contribution >= 0.6 is 0 Å². The Morgan fingerprint density at radius 3 is 2.50 bits per heavy atom. The maximum Gasteiger partial charge on any atom is 0.329 e. The van der Waals surface area contributed by atoms with Gasteiger partial charge in [0.2, 0.25) is 0 Å². The van der Waals surface area contributed by atoms with Crippen molar-refractivity contribution in [1.82, 2.24) is 9.97 Å². The second-order valence-corrected chi connectivity index (χ2v) is 8.23. The summed E-state index contributed by atoms with van der Waals surface area (Å²) in [6, 6.07) is 9.72. The third kappa shape index (κ3) is 5.47. The van der Waals surface area contributed by atoms with Gasteiger partial charge in [0, 0.05) is 13.1 Å². The molecular formula is C24H32N4O2. The molecule has 1 fully saturated rings. The van der Waals surface area contributed by atoms with E-state index in [0.717, 1.165) is 50.7 Å². The lowest BCUT2D eigenvalue weighted by Gasteiger charge is -2.32. The maximum absolute atomic E-state index is 12.8. The van der Waals surface area contributed by atoms with Crippen LogP contribution in [0.15, 0.2) is 24.3 Å². The summed E-state index contributed by atoms with van der Waals surface area (Å²) < 4.78 is 5.45. The fraction of sp³-hybridized carbons (Fsp3) is 0.583. The molecule has 0 N–H and O–H groups in total.